The number of anilines is 1. The fraction of sp³-hybridized carbons (Fsp3) is 0.200. The van der Waals surface area contributed by atoms with Crippen molar-refractivity contribution < 1.29 is 0 Å². The molecule has 0 saturated carbocycles. The lowest BCUT2D eigenvalue weighted by Gasteiger charge is -2.10. The average Bonchev–Trinajstić information content (AvgIpc) is 2.89. The smallest absolute Gasteiger partial charge is 0.158 e. The third kappa shape index (κ3) is 1.85. The van der Waals surface area contributed by atoms with Crippen molar-refractivity contribution in [1.29, 1.82) is 0 Å². The first-order valence-corrected chi connectivity index (χ1v) is 6.38. The highest BCUT2D eigenvalue weighted by molar-refractivity contribution is 5.70. The van der Waals surface area contributed by atoms with Crippen LogP contribution in [0.4, 0.5) is 5.69 Å². The Morgan fingerprint density at radius 2 is 2.16 bits per heavy atom. The van der Waals surface area contributed by atoms with Crippen molar-refractivity contribution in [1.82, 2.24) is 14.4 Å². The Morgan fingerprint density at radius 3 is 2.95 bits per heavy atom. The lowest BCUT2D eigenvalue weighted by atomic mass is 10.0. The van der Waals surface area contributed by atoms with Gasteiger partial charge in [-0.2, -0.15) is 0 Å². The predicted octanol–water partition coefficient (Wildman–Crippen LogP) is 2.85. The van der Waals surface area contributed by atoms with E-state index in [2.05, 4.69) is 18.0 Å². The monoisotopic (exact) mass is 252 g/mol. The maximum Gasteiger partial charge on any atom is 0.158 e. The zero-order chi connectivity index (χ0) is 13.4. The summed E-state index contributed by atoms with van der Waals surface area (Å²) in [5.74, 6) is 0. The van der Waals surface area contributed by atoms with Crippen LogP contribution in [-0.4, -0.2) is 14.4 Å². The van der Waals surface area contributed by atoms with E-state index < -0.39 is 0 Å². The Balaban J connectivity index is 2.27. The number of hydrogen-bond acceptors (Lipinski definition) is 3. The summed E-state index contributed by atoms with van der Waals surface area (Å²) in [5, 5.41) is 0. The van der Waals surface area contributed by atoms with E-state index in [0.717, 1.165) is 40.3 Å². The summed E-state index contributed by atoms with van der Waals surface area (Å²) < 4.78 is 2.02. The van der Waals surface area contributed by atoms with Crippen molar-refractivity contribution in [2.75, 3.05) is 5.73 Å². The summed E-state index contributed by atoms with van der Waals surface area (Å²) in [7, 11) is 0. The van der Waals surface area contributed by atoms with Gasteiger partial charge in [-0.1, -0.05) is 19.1 Å². The van der Waals surface area contributed by atoms with Gasteiger partial charge in [0.15, 0.2) is 5.65 Å². The van der Waals surface area contributed by atoms with Gasteiger partial charge in [0.05, 0.1) is 11.4 Å². The molecule has 0 atom stereocenters. The third-order valence-corrected chi connectivity index (χ3v) is 3.43. The molecule has 0 aliphatic heterocycles. The van der Waals surface area contributed by atoms with Crippen LogP contribution < -0.4 is 5.73 Å². The van der Waals surface area contributed by atoms with Gasteiger partial charge in [-0.15, -0.1) is 0 Å². The summed E-state index contributed by atoms with van der Waals surface area (Å²) in [6.07, 6.45) is 6.60. The van der Waals surface area contributed by atoms with E-state index in [9.17, 15) is 0 Å². The Morgan fingerprint density at radius 1 is 1.32 bits per heavy atom. The maximum atomic E-state index is 5.97. The normalized spacial score (nSPS) is 11.1. The molecule has 0 spiro atoms. The van der Waals surface area contributed by atoms with E-state index in [-0.39, 0.29) is 0 Å². The number of nitrogens with zero attached hydrogens (tertiary/aromatic N) is 3. The van der Waals surface area contributed by atoms with E-state index in [1.807, 2.05) is 35.9 Å². The minimum atomic E-state index is 0.795. The van der Waals surface area contributed by atoms with Gasteiger partial charge in [0, 0.05) is 29.8 Å². The zero-order valence-corrected chi connectivity index (χ0v) is 11.1. The third-order valence-electron chi connectivity index (χ3n) is 3.43. The molecule has 0 fully saturated rings. The molecular formula is C15H16N4. The second kappa shape index (κ2) is 4.39. The lowest BCUT2D eigenvalue weighted by molar-refractivity contribution is 0.997. The molecular weight excluding hydrogens is 236 g/mol. The van der Waals surface area contributed by atoms with E-state index in [0.29, 0.717) is 0 Å². The molecule has 2 heterocycles. The number of hydrogen-bond donors (Lipinski definition) is 1. The van der Waals surface area contributed by atoms with Gasteiger partial charge < -0.3 is 10.1 Å². The van der Waals surface area contributed by atoms with Crippen LogP contribution in [0.15, 0.2) is 36.8 Å². The predicted molar refractivity (Wildman–Crippen MR) is 77.0 cm³/mol. The van der Waals surface area contributed by atoms with Crippen LogP contribution >= 0.6 is 0 Å². The molecule has 19 heavy (non-hydrogen) atoms. The molecule has 0 aliphatic rings. The van der Waals surface area contributed by atoms with E-state index in [4.69, 9.17) is 10.7 Å². The van der Waals surface area contributed by atoms with E-state index >= 15 is 0 Å². The number of imidazole rings is 1. The molecule has 2 aromatic heterocycles. The quantitative estimate of drug-likeness (QED) is 0.713. The largest absolute Gasteiger partial charge is 0.398 e. The van der Waals surface area contributed by atoms with Crippen LogP contribution in [0, 0.1) is 6.92 Å². The van der Waals surface area contributed by atoms with Gasteiger partial charge >= 0.3 is 0 Å². The summed E-state index contributed by atoms with van der Waals surface area (Å²) in [5.41, 5.74) is 11.8. The molecule has 0 saturated heterocycles. The highest BCUT2D eigenvalue weighted by Crippen LogP contribution is 2.26. The van der Waals surface area contributed by atoms with Gasteiger partial charge in [0.1, 0.15) is 0 Å². The molecule has 0 aliphatic carbocycles. The number of nitrogen functional groups attached to an aromatic ring is 1. The van der Waals surface area contributed by atoms with Crippen LogP contribution in [0.25, 0.3) is 16.9 Å². The van der Waals surface area contributed by atoms with Gasteiger partial charge in [-0.05, 0) is 25.0 Å². The fourth-order valence-electron chi connectivity index (χ4n) is 2.29. The van der Waals surface area contributed by atoms with Crippen LogP contribution in [-0.2, 0) is 6.42 Å². The van der Waals surface area contributed by atoms with Crippen LogP contribution in [0.1, 0.15) is 18.2 Å². The van der Waals surface area contributed by atoms with Crippen molar-refractivity contribution in [2.24, 2.45) is 0 Å². The number of rotatable bonds is 2. The number of nitrogens with two attached hydrogens (primary N) is 1. The number of benzene rings is 1. The van der Waals surface area contributed by atoms with E-state index in [1.54, 1.807) is 6.20 Å². The average molecular weight is 252 g/mol. The zero-order valence-electron chi connectivity index (χ0n) is 11.1. The molecule has 0 amide bonds. The van der Waals surface area contributed by atoms with E-state index in [1.165, 1.54) is 0 Å². The molecule has 4 nitrogen and oxygen atoms in total. The van der Waals surface area contributed by atoms with Crippen molar-refractivity contribution in [2.45, 2.75) is 20.3 Å². The van der Waals surface area contributed by atoms with Crippen molar-refractivity contribution in [3.05, 3.63) is 48.0 Å². The van der Waals surface area contributed by atoms with Crippen LogP contribution in [0.5, 0.6) is 0 Å². The highest BCUT2D eigenvalue weighted by Gasteiger charge is 2.10. The second-order valence-electron chi connectivity index (χ2n) is 4.60. The molecule has 96 valence electrons. The Kier molecular flexibility index (Phi) is 2.71. The summed E-state index contributed by atoms with van der Waals surface area (Å²) in [4.78, 5) is 9.06. The molecule has 0 radical (unpaired) electrons. The fourth-order valence-corrected chi connectivity index (χ4v) is 2.29. The van der Waals surface area contributed by atoms with Crippen molar-refractivity contribution in [3.8, 4) is 11.3 Å². The minimum absolute atomic E-state index is 0.795. The first kappa shape index (κ1) is 11.7. The van der Waals surface area contributed by atoms with Crippen molar-refractivity contribution >= 4 is 11.3 Å². The molecule has 4 heteroatoms. The van der Waals surface area contributed by atoms with Crippen LogP contribution in [0.3, 0.4) is 0 Å². The second-order valence-corrected chi connectivity index (χ2v) is 4.60. The molecule has 3 rings (SSSR count). The molecule has 0 bridgehead atoms. The molecule has 3 aromatic rings. The highest BCUT2D eigenvalue weighted by atomic mass is 15.0. The van der Waals surface area contributed by atoms with Crippen LogP contribution in [0.2, 0.25) is 0 Å². The van der Waals surface area contributed by atoms with Gasteiger partial charge in [-0.3, -0.25) is 0 Å². The summed E-state index contributed by atoms with van der Waals surface area (Å²) >= 11 is 0. The Bertz CT molecular complexity index is 743. The number of fused-ring (bicyclic) bond motifs is 1. The maximum absolute atomic E-state index is 5.97. The SMILES string of the molecule is CCc1nc(-c2cccc(N)c2C)cn2ccnc12. The number of aromatic nitrogens is 3. The summed E-state index contributed by atoms with van der Waals surface area (Å²) in [6, 6.07) is 5.93. The topological polar surface area (TPSA) is 56.2 Å². The van der Waals surface area contributed by atoms with Crippen molar-refractivity contribution in [3.63, 3.8) is 0 Å². The number of aryl methyl sites for hydroxylation is 1. The first-order chi connectivity index (χ1) is 9.20. The van der Waals surface area contributed by atoms with Gasteiger partial charge in [0.2, 0.25) is 0 Å². The Hall–Kier alpha value is -2.36. The standard InChI is InChI=1S/C15H16N4/c1-3-13-15-17-7-8-19(15)9-14(18-13)11-5-4-6-12(16)10(11)2/h4-9H,3,16H2,1-2H3. The van der Waals surface area contributed by atoms with Gasteiger partial charge in [-0.25, -0.2) is 9.97 Å². The molecule has 2 N–H and O–H groups in total. The molecule has 1 aromatic carbocycles. The minimum Gasteiger partial charge on any atom is -0.398 e. The first-order valence-electron chi connectivity index (χ1n) is 6.38. The lowest BCUT2D eigenvalue weighted by Crippen LogP contribution is -2.00. The van der Waals surface area contributed by atoms with Gasteiger partial charge in [0.25, 0.3) is 0 Å². The summed E-state index contributed by atoms with van der Waals surface area (Å²) in [6.45, 7) is 4.11. The molecule has 0 unspecified atom stereocenters. The Labute approximate surface area is 111 Å².